The first-order valence-electron chi connectivity index (χ1n) is 5.55. The van der Waals surface area contributed by atoms with Crippen molar-refractivity contribution in [2.75, 3.05) is 6.61 Å². The van der Waals surface area contributed by atoms with E-state index in [1.165, 1.54) is 0 Å². The number of aromatic carboxylic acids is 1. The van der Waals surface area contributed by atoms with Crippen molar-refractivity contribution in [1.82, 2.24) is 0 Å². The zero-order chi connectivity index (χ0) is 12.0. The van der Waals surface area contributed by atoms with E-state index in [-0.39, 0.29) is 0 Å². The van der Waals surface area contributed by atoms with Gasteiger partial charge in [0.05, 0.1) is 12.2 Å². The Kier molecular flexibility index (Phi) is 4.99. The second-order valence-electron chi connectivity index (χ2n) is 3.85. The number of hydrogen-bond acceptors (Lipinski definition) is 2. The van der Waals surface area contributed by atoms with Gasteiger partial charge in [0.15, 0.2) is 0 Å². The average Bonchev–Trinajstić information content (AvgIpc) is 2.26. The molecule has 0 bridgehead atoms. The van der Waals surface area contributed by atoms with Crippen molar-refractivity contribution in [2.45, 2.75) is 33.3 Å². The summed E-state index contributed by atoms with van der Waals surface area (Å²) in [4.78, 5) is 10.7. The van der Waals surface area contributed by atoms with Crippen molar-refractivity contribution in [1.29, 1.82) is 0 Å². The summed E-state index contributed by atoms with van der Waals surface area (Å²) < 4.78 is 5.49. The van der Waals surface area contributed by atoms with E-state index in [0.29, 0.717) is 12.2 Å². The topological polar surface area (TPSA) is 46.5 Å². The highest BCUT2D eigenvalue weighted by molar-refractivity contribution is 5.87. The molecule has 0 radical (unpaired) electrons. The van der Waals surface area contributed by atoms with Gasteiger partial charge < -0.3 is 9.84 Å². The predicted octanol–water partition coefficient (Wildman–Crippen LogP) is 3.01. The molecule has 0 heterocycles. The summed E-state index contributed by atoms with van der Waals surface area (Å²) in [6, 6.07) is 5.12. The maximum absolute atomic E-state index is 10.7. The molecule has 0 aliphatic carbocycles. The first-order chi connectivity index (χ1) is 7.65. The van der Waals surface area contributed by atoms with Crippen LogP contribution in [0.15, 0.2) is 18.2 Å². The summed E-state index contributed by atoms with van der Waals surface area (Å²) in [5.74, 6) is -0.887. The van der Waals surface area contributed by atoms with Crippen molar-refractivity contribution in [3.63, 3.8) is 0 Å². The van der Waals surface area contributed by atoms with Gasteiger partial charge in [-0.2, -0.15) is 0 Å². The van der Waals surface area contributed by atoms with Crippen LogP contribution < -0.4 is 0 Å². The minimum Gasteiger partial charge on any atom is -0.478 e. The van der Waals surface area contributed by atoms with Crippen LogP contribution in [0.2, 0.25) is 0 Å². The van der Waals surface area contributed by atoms with Crippen LogP contribution in [0.3, 0.4) is 0 Å². The summed E-state index contributed by atoms with van der Waals surface area (Å²) >= 11 is 0. The largest absolute Gasteiger partial charge is 0.478 e. The van der Waals surface area contributed by atoms with Gasteiger partial charge >= 0.3 is 5.97 Å². The fourth-order valence-electron chi connectivity index (χ4n) is 1.42. The average molecular weight is 222 g/mol. The number of benzene rings is 1. The Balaban J connectivity index is 2.57. The third-order valence-corrected chi connectivity index (χ3v) is 2.49. The van der Waals surface area contributed by atoms with Crippen LogP contribution in [0.25, 0.3) is 0 Å². The van der Waals surface area contributed by atoms with Gasteiger partial charge in [0.25, 0.3) is 0 Å². The van der Waals surface area contributed by atoms with Gasteiger partial charge in [0.2, 0.25) is 0 Å². The maximum Gasteiger partial charge on any atom is 0.335 e. The molecule has 88 valence electrons. The lowest BCUT2D eigenvalue weighted by molar-refractivity contribution is 0.0696. The van der Waals surface area contributed by atoms with Crippen molar-refractivity contribution in [2.24, 2.45) is 0 Å². The molecule has 0 saturated heterocycles. The zero-order valence-electron chi connectivity index (χ0n) is 9.82. The summed E-state index contributed by atoms with van der Waals surface area (Å²) in [6.07, 6.45) is 2.18. The molecule has 0 saturated carbocycles. The molecule has 0 atom stereocenters. The molecule has 3 nitrogen and oxygen atoms in total. The van der Waals surface area contributed by atoms with Crippen molar-refractivity contribution < 1.29 is 14.6 Å². The Morgan fingerprint density at radius 3 is 2.75 bits per heavy atom. The summed E-state index contributed by atoms with van der Waals surface area (Å²) in [7, 11) is 0. The maximum atomic E-state index is 10.7. The van der Waals surface area contributed by atoms with Gasteiger partial charge in [-0.1, -0.05) is 19.4 Å². The lowest BCUT2D eigenvalue weighted by atomic mass is 10.1. The number of carboxylic acids is 1. The van der Waals surface area contributed by atoms with Gasteiger partial charge in [0.1, 0.15) is 0 Å². The summed E-state index contributed by atoms with van der Waals surface area (Å²) in [6.45, 7) is 5.35. The molecule has 0 aliphatic rings. The van der Waals surface area contributed by atoms with Crippen molar-refractivity contribution in [3.8, 4) is 0 Å². The molecule has 1 N–H and O–H groups in total. The number of carboxylic acid groups (broad SMARTS) is 1. The van der Waals surface area contributed by atoms with Crippen LogP contribution in [0.1, 0.15) is 41.3 Å². The van der Waals surface area contributed by atoms with E-state index in [4.69, 9.17) is 9.84 Å². The van der Waals surface area contributed by atoms with E-state index in [1.807, 2.05) is 13.0 Å². The lowest BCUT2D eigenvalue weighted by Gasteiger charge is -2.07. The molecular formula is C13H18O3. The van der Waals surface area contributed by atoms with Gasteiger partial charge in [-0.3, -0.25) is 0 Å². The third kappa shape index (κ3) is 3.66. The Labute approximate surface area is 96.1 Å². The third-order valence-electron chi connectivity index (χ3n) is 2.49. The second kappa shape index (κ2) is 6.28. The van der Waals surface area contributed by atoms with Crippen molar-refractivity contribution >= 4 is 5.97 Å². The molecule has 0 aliphatic heterocycles. The lowest BCUT2D eigenvalue weighted by Crippen LogP contribution is -2.01. The SMILES string of the molecule is CCCCOCc1ccc(C(=O)O)cc1C. The van der Waals surface area contributed by atoms with Gasteiger partial charge in [-0.15, -0.1) is 0 Å². The molecule has 0 amide bonds. The highest BCUT2D eigenvalue weighted by Crippen LogP contribution is 2.12. The fourth-order valence-corrected chi connectivity index (χ4v) is 1.42. The van der Waals surface area contributed by atoms with E-state index in [2.05, 4.69) is 6.92 Å². The zero-order valence-corrected chi connectivity index (χ0v) is 9.82. The van der Waals surface area contributed by atoms with E-state index in [0.717, 1.165) is 30.6 Å². The Bertz CT molecular complexity index is 358. The van der Waals surface area contributed by atoms with Crippen LogP contribution >= 0.6 is 0 Å². The number of hydrogen-bond donors (Lipinski definition) is 1. The first kappa shape index (κ1) is 12.7. The van der Waals surface area contributed by atoms with Gasteiger partial charge in [0, 0.05) is 6.61 Å². The highest BCUT2D eigenvalue weighted by Gasteiger charge is 2.05. The molecule has 1 aromatic carbocycles. The van der Waals surface area contributed by atoms with Crippen LogP contribution in [0.4, 0.5) is 0 Å². The molecule has 16 heavy (non-hydrogen) atoms. The molecule has 0 aromatic heterocycles. The predicted molar refractivity (Wildman–Crippen MR) is 62.7 cm³/mol. The van der Waals surface area contributed by atoms with Gasteiger partial charge in [-0.05, 0) is 36.6 Å². The number of aryl methyl sites for hydroxylation is 1. The Hall–Kier alpha value is -1.35. The fraction of sp³-hybridized carbons (Fsp3) is 0.462. The van der Waals surface area contributed by atoms with E-state index >= 15 is 0 Å². The normalized spacial score (nSPS) is 10.4. The van der Waals surface area contributed by atoms with Crippen molar-refractivity contribution in [3.05, 3.63) is 34.9 Å². The van der Waals surface area contributed by atoms with Gasteiger partial charge in [-0.25, -0.2) is 4.79 Å². The summed E-state index contributed by atoms with van der Waals surface area (Å²) in [5.41, 5.74) is 2.35. The number of unbranched alkanes of at least 4 members (excludes halogenated alkanes) is 1. The molecular weight excluding hydrogens is 204 g/mol. The Morgan fingerprint density at radius 2 is 2.19 bits per heavy atom. The minimum absolute atomic E-state index is 0.329. The summed E-state index contributed by atoms with van der Waals surface area (Å²) in [5, 5.41) is 8.81. The van der Waals surface area contributed by atoms with Crippen LogP contribution in [-0.2, 0) is 11.3 Å². The number of carbonyl (C=O) groups is 1. The second-order valence-corrected chi connectivity index (χ2v) is 3.85. The monoisotopic (exact) mass is 222 g/mol. The van der Waals surface area contributed by atoms with Crippen LogP contribution in [0.5, 0.6) is 0 Å². The van der Waals surface area contributed by atoms with E-state index in [1.54, 1.807) is 12.1 Å². The molecule has 0 spiro atoms. The number of ether oxygens (including phenoxy) is 1. The quantitative estimate of drug-likeness (QED) is 0.752. The Morgan fingerprint density at radius 1 is 1.44 bits per heavy atom. The minimum atomic E-state index is -0.887. The molecule has 0 unspecified atom stereocenters. The van der Waals surface area contributed by atoms with E-state index < -0.39 is 5.97 Å². The standard InChI is InChI=1S/C13H18O3/c1-3-4-7-16-9-12-6-5-11(13(14)15)8-10(12)2/h5-6,8H,3-4,7,9H2,1-2H3,(H,14,15). The molecule has 1 rings (SSSR count). The van der Waals surface area contributed by atoms with E-state index in [9.17, 15) is 4.79 Å². The smallest absolute Gasteiger partial charge is 0.335 e. The molecule has 1 aromatic rings. The molecule has 3 heteroatoms. The van der Waals surface area contributed by atoms with Crippen LogP contribution in [-0.4, -0.2) is 17.7 Å². The van der Waals surface area contributed by atoms with Crippen LogP contribution in [0, 0.1) is 6.92 Å². The highest BCUT2D eigenvalue weighted by atomic mass is 16.5. The molecule has 0 fully saturated rings. The first-order valence-corrected chi connectivity index (χ1v) is 5.55. The number of rotatable bonds is 6.